The van der Waals surface area contributed by atoms with Crippen LogP contribution in [0.5, 0.6) is 0 Å². The first-order chi connectivity index (χ1) is 9.59. The first-order valence-corrected chi connectivity index (χ1v) is 7.24. The van der Waals surface area contributed by atoms with E-state index in [0.29, 0.717) is 12.1 Å². The monoisotopic (exact) mass is 266 g/mol. The second-order valence-electron chi connectivity index (χ2n) is 6.08. The zero-order valence-electron chi connectivity index (χ0n) is 12.2. The summed E-state index contributed by atoms with van der Waals surface area (Å²) >= 11 is 0. The fourth-order valence-corrected chi connectivity index (χ4v) is 3.09. The Kier molecular flexibility index (Phi) is 3.36. The molecule has 2 heteroatoms. The van der Waals surface area contributed by atoms with E-state index in [1.165, 1.54) is 11.1 Å². The van der Waals surface area contributed by atoms with Gasteiger partial charge in [0.2, 0.25) is 0 Å². The molecule has 0 unspecified atom stereocenters. The molecule has 0 radical (unpaired) electrons. The quantitative estimate of drug-likeness (QED) is 0.924. The number of hydrogen-bond donors (Lipinski definition) is 1. The van der Waals surface area contributed by atoms with Crippen LogP contribution in [0.15, 0.2) is 60.7 Å². The Morgan fingerprint density at radius 2 is 1.45 bits per heavy atom. The standard InChI is InChI=1S/C18H22N2/c1-14-18(2,19)13-20(14)17(15-9-5-3-6-10-15)16-11-7-4-8-12-16/h3-12,14,17H,13,19H2,1-2H3/t14-,18-/m1/s1. The third kappa shape index (κ3) is 2.26. The molecule has 3 rings (SSSR count). The summed E-state index contributed by atoms with van der Waals surface area (Å²) in [7, 11) is 0. The lowest BCUT2D eigenvalue weighted by molar-refractivity contribution is -0.0126. The lowest BCUT2D eigenvalue weighted by Gasteiger charge is -2.56. The summed E-state index contributed by atoms with van der Waals surface area (Å²) in [4.78, 5) is 2.49. The van der Waals surface area contributed by atoms with Gasteiger partial charge in [0.05, 0.1) is 6.04 Å². The van der Waals surface area contributed by atoms with Crippen molar-refractivity contribution in [1.82, 2.24) is 4.90 Å². The van der Waals surface area contributed by atoms with E-state index >= 15 is 0 Å². The van der Waals surface area contributed by atoms with Gasteiger partial charge in [-0.15, -0.1) is 0 Å². The van der Waals surface area contributed by atoms with Crippen LogP contribution >= 0.6 is 0 Å². The van der Waals surface area contributed by atoms with Crippen molar-refractivity contribution in [2.45, 2.75) is 31.5 Å². The zero-order chi connectivity index (χ0) is 14.2. The number of likely N-dealkylation sites (tertiary alicyclic amines) is 1. The molecule has 0 aromatic heterocycles. The number of benzene rings is 2. The Hall–Kier alpha value is -1.64. The van der Waals surface area contributed by atoms with Gasteiger partial charge < -0.3 is 5.73 Å². The average molecular weight is 266 g/mol. The van der Waals surface area contributed by atoms with E-state index in [4.69, 9.17) is 5.73 Å². The molecule has 0 saturated carbocycles. The Bertz CT molecular complexity index is 523. The van der Waals surface area contributed by atoms with Gasteiger partial charge in [0.1, 0.15) is 0 Å². The van der Waals surface area contributed by atoms with Gasteiger partial charge in [-0.25, -0.2) is 0 Å². The van der Waals surface area contributed by atoms with E-state index < -0.39 is 0 Å². The Balaban J connectivity index is 1.98. The van der Waals surface area contributed by atoms with Crippen LogP contribution in [0.2, 0.25) is 0 Å². The van der Waals surface area contributed by atoms with Crippen LogP contribution in [0.4, 0.5) is 0 Å². The van der Waals surface area contributed by atoms with Crippen LogP contribution in [0.3, 0.4) is 0 Å². The van der Waals surface area contributed by atoms with E-state index in [1.54, 1.807) is 0 Å². The van der Waals surface area contributed by atoms with Gasteiger partial charge in [-0.3, -0.25) is 4.90 Å². The summed E-state index contributed by atoms with van der Waals surface area (Å²) in [5, 5.41) is 0. The molecule has 20 heavy (non-hydrogen) atoms. The maximum absolute atomic E-state index is 6.31. The Morgan fingerprint density at radius 1 is 1.00 bits per heavy atom. The summed E-state index contributed by atoms with van der Waals surface area (Å²) in [6.45, 7) is 5.30. The molecule has 1 heterocycles. The topological polar surface area (TPSA) is 29.3 Å². The second kappa shape index (κ2) is 5.04. The third-order valence-electron chi connectivity index (χ3n) is 4.54. The molecule has 2 nitrogen and oxygen atoms in total. The molecule has 2 aromatic rings. The van der Waals surface area contributed by atoms with Crippen molar-refractivity contribution in [3.05, 3.63) is 71.8 Å². The predicted molar refractivity (Wildman–Crippen MR) is 83.5 cm³/mol. The molecular formula is C18H22N2. The summed E-state index contributed by atoms with van der Waals surface area (Å²) in [6.07, 6.45) is 0. The van der Waals surface area contributed by atoms with Crippen LogP contribution in [0, 0.1) is 0 Å². The van der Waals surface area contributed by atoms with Crippen molar-refractivity contribution in [2.24, 2.45) is 5.73 Å². The highest BCUT2D eigenvalue weighted by atomic mass is 15.3. The fraction of sp³-hybridized carbons (Fsp3) is 0.333. The van der Waals surface area contributed by atoms with Crippen molar-refractivity contribution in [1.29, 1.82) is 0 Å². The summed E-state index contributed by atoms with van der Waals surface area (Å²) in [5.41, 5.74) is 8.89. The van der Waals surface area contributed by atoms with E-state index in [0.717, 1.165) is 6.54 Å². The molecule has 0 spiro atoms. The number of nitrogens with two attached hydrogens (primary N) is 1. The molecule has 0 amide bonds. The van der Waals surface area contributed by atoms with Gasteiger partial charge in [0, 0.05) is 18.1 Å². The van der Waals surface area contributed by atoms with Crippen LogP contribution < -0.4 is 5.73 Å². The average Bonchev–Trinajstić information content (AvgIpc) is 2.48. The van der Waals surface area contributed by atoms with Gasteiger partial charge in [0.15, 0.2) is 0 Å². The minimum Gasteiger partial charge on any atom is -0.323 e. The van der Waals surface area contributed by atoms with Gasteiger partial charge in [-0.2, -0.15) is 0 Å². The van der Waals surface area contributed by atoms with E-state index in [2.05, 4.69) is 79.4 Å². The first-order valence-electron chi connectivity index (χ1n) is 7.24. The maximum atomic E-state index is 6.31. The highest BCUT2D eigenvalue weighted by Gasteiger charge is 2.46. The molecule has 1 aliphatic heterocycles. The van der Waals surface area contributed by atoms with Crippen molar-refractivity contribution in [3.8, 4) is 0 Å². The summed E-state index contributed by atoms with van der Waals surface area (Å²) in [5.74, 6) is 0. The van der Waals surface area contributed by atoms with E-state index in [1.807, 2.05) is 0 Å². The van der Waals surface area contributed by atoms with Gasteiger partial charge in [-0.1, -0.05) is 60.7 Å². The normalized spacial score (nSPS) is 26.5. The second-order valence-corrected chi connectivity index (χ2v) is 6.08. The Morgan fingerprint density at radius 3 is 1.80 bits per heavy atom. The zero-order valence-corrected chi connectivity index (χ0v) is 12.2. The molecule has 2 N–H and O–H groups in total. The third-order valence-corrected chi connectivity index (χ3v) is 4.54. The van der Waals surface area contributed by atoms with Crippen molar-refractivity contribution >= 4 is 0 Å². The largest absolute Gasteiger partial charge is 0.323 e. The smallest absolute Gasteiger partial charge is 0.0605 e. The van der Waals surface area contributed by atoms with Crippen LogP contribution in [0.25, 0.3) is 0 Å². The molecule has 2 atom stereocenters. The van der Waals surface area contributed by atoms with Crippen molar-refractivity contribution in [2.75, 3.05) is 6.54 Å². The lowest BCUT2D eigenvalue weighted by atomic mass is 9.80. The minimum absolute atomic E-state index is 0.0815. The summed E-state index contributed by atoms with van der Waals surface area (Å²) in [6, 6.07) is 22.1. The highest BCUT2D eigenvalue weighted by Crippen LogP contribution is 2.38. The van der Waals surface area contributed by atoms with Crippen LogP contribution in [0.1, 0.15) is 31.0 Å². The van der Waals surface area contributed by atoms with E-state index in [9.17, 15) is 0 Å². The first kappa shape index (κ1) is 13.3. The van der Waals surface area contributed by atoms with Gasteiger partial charge in [-0.05, 0) is 25.0 Å². The number of hydrogen-bond acceptors (Lipinski definition) is 2. The highest BCUT2D eigenvalue weighted by molar-refractivity contribution is 5.33. The predicted octanol–water partition coefficient (Wildman–Crippen LogP) is 3.20. The molecule has 1 saturated heterocycles. The molecule has 1 fully saturated rings. The SMILES string of the molecule is C[C@H]1N(C(c2ccccc2)c2ccccc2)C[C@@]1(C)N. The minimum atomic E-state index is -0.0815. The molecule has 1 aliphatic rings. The Labute approximate surface area is 121 Å². The van der Waals surface area contributed by atoms with Crippen LogP contribution in [-0.2, 0) is 0 Å². The molecular weight excluding hydrogens is 244 g/mol. The molecule has 0 bridgehead atoms. The molecule has 104 valence electrons. The maximum Gasteiger partial charge on any atom is 0.0605 e. The number of nitrogens with zero attached hydrogens (tertiary/aromatic N) is 1. The van der Waals surface area contributed by atoms with Crippen LogP contribution in [-0.4, -0.2) is 23.0 Å². The van der Waals surface area contributed by atoms with Crippen molar-refractivity contribution < 1.29 is 0 Å². The fourth-order valence-electron chi connectivity index (χ4n) is 3.09. The van der Waals surface area contributed by atoms with Gasteiger partial charge in [0.25, 0.3) is 0 Å². The lowest BCUT2D eigenvalue weighted by Crippen LogP contribution is -2.72. The summed E-state index contributed by atoms with van der Waals surface area (Å²) < 4.78 is 0. The molecule has 0 aliphatic carbocycles. The van der Waals surface area contributed by atoms with Crippen molar-refractivity contribution in [3.63, 3.8) is 0 Å². The molecule has 2 aromatic carbocycles. The number of rotatable bonds is 3. The van der Waals surface area contributed by atoms with E-state index in [-0.39, 0.29) is 5.54 Å². The van der Waals surface area contributed by atoms with Gasteiger partial charge >= 0.3 is 0 Å².